The number of fused-ring (bicyclic) bond motifs is 1. The molecule has 8 nitrogen and oxygen atoms in total. The van der Waals surface area contributed by atoms with Gasteiger partial charge in [0, 0.05) is 11.6 Å². The summed E-state index contributed by atoms with van der Waals surface area (Å²) in [4.78, 5) is 32.1. The first-order chi connectivity index (χ1) is 17.3. The summed E-state index contributed by atoms with van der Waals surface area (Å²) in [5, 5.41) is 0. The van der Waals surface area contributed by atoms with Gasteiger partial charge in [0.15, 0.2) is 4.80 Å². The number of aromatic nitrogens is 1. The summed E-state index contributed by atoms with van der Waals surface area (Å²) in [6.45, 7) is 5.33. The molecule has 0 spiro atoms. The van der Waals surface area contributed by atoms with Crippen molar-refractivity contribution in [1.82, 2.24) is 4.57 Å². The van der Waals surface area contributed by atoms with Crippen molar-refractivity contribution in [2.75, 3.05) is 21.3 Å². The Morgan fingerprint density at radius 1 is 1.03 bits per heavy atom. The van der Waals surface area contributed by atoms with Crippen molar-refractivity contribution in [3.05, 3.63) is 84.5 Å². The van der Waals surface area contributed by atoms with E-state index in [4.69, 9.17) is 18.9 Å². The van der Waals surface area contributed by atoms with E-state index in [-0.39, 0.29) is 11.7 Å². The van der Waals surface area contributed by atoms with E-state index in [1.165, 1.54) is 11.3 Å². The largest absolute Gasteiger partial charge is 0.497 e. The number of hydrogen-bond donors (Lipinski definition) is 0. The summed E-state index contributed by atoms with van der Waals surface area (Å²) < 4.78 is 23.6. The van der Waals surface area contributed by atoms with Crippen molar-refractivity contribution in [2.24, 2.45) is 4.99 Å². The average Bonchev–Trinajstić information content (AvgIpc) is 3.17. The van der Waals surface area contributed by atoms with Gasteiger partial charge in [-0.2, -0.15) is 0 Å². The summed E-state index contributed by atoms with van der Waals surface area (Å²) in [6, 6.07) is 12.0. The Hall–Kier alpha value is -3.85. The minimum Gasteiger partial charge on any atom is -0.497 e. The highest BCUT2D eigenvalue weighted by Gasteiger charge is 2.33. The number of carbonyl (C=O) groups excluding carboxylic acids is 1. The van der Waals surface area contributed by atoms with Gasteiger partial charge in [-0.3, -0.25) is 9.36 Å². The van der Waals surface area contributed by atoms with Gasteiger partial charge in [-0.15, -0.1) is 0 Å². The van der Waals surface area contributed by atoms with Crippen molar-refractivity contribution in [2.45, 2.75) is 32.9 Å². The molecule has 4 rings (SSSR count). The van der Waals surface area contributed by atoms with Crippen LogP contribution >= 0.6 is 11.3 Å². The van der Waals surface area contributed by atoms with Crippen molar-refractivity contribution in [3.8, 4) is 17.2 Å². The molecule has 0 fully saturated rings. The number of methoxy groups -OCH3 is 3. The molecular formula is C27H28N2O6S. The van der Waals surface area contributed by atoms with Gasteiger partial charge >= 0.3 is 5.97 Å². The zero-order valence-electron chi connectivity index (χ0n) is 21.0. The molecule has 2 heterocycles. The van der Waals surface area contributed by atoms with Crippen molar-refractivity contribution >= 4 is 23.4 Å². The monoisotopic (exact) mass is 508 g/mol. The van der Waals surface area contributed by atoms with Crippen LogP contribution in [-0.2, 0) is 9.53 Å². The lowest BCUT2D eigenvalue weighted by molar-refractivity contribution is -0.143. The Morgan fingerprint density at radius 2 is 1.69 bits per heavy atom. The van der Waals surface area contributed by atoms with Crippen molar-refractivity contribution in [1.29, 1.82) is 0 Å². The van der Waals surface area contributed by atoms with Gasteiger partial charge in [-0.25, -0.2) is 9.79 Å². The van der Waals surface area contributed by atoms with E-state index in [1.54, 1.807) is 77.0 Å². The van der Waals surface area contributed by atoms with E-state index in [2.05, 4.69) is 4.99 Å². The molecule has 0 amide bonds. The number of hydrogen-bond acceptors (Lipinski definition) is 8. The molecule has 36 heavy (non-hydrogen) atoms. The second-order valence-electron chi connectivity index (χ2n) is 8.42. The molecular weight excluding hydrogens is 480 g/mol. The number of ether oxygens (including phenoxy) is 4. The van der Waals surface area contributed by atoms with E-state index in [1.807, 2.05) is 18.2 Å². The highest BCUT2D eigenvalue weighted by Crippen LogP contribution is 2.32. The Kier molecular flexibility index (Phi) is 7.30. The van der Waals surface area contributed by atoms with Gasteiger partial charge in [-0.05, 0) is 56.7 Å². The van der Waals surface area contributed by atoms with Crippen LogP contribution in [0.2, 0.25) is 0 Å². The SMILES string of the molecule is COc1ccc([C@@H]2C(C(=O)OC(C)C)=C(C)N=c3s/c(=C\c4ccc(OC)cc4OC)c(=O)n32)cc1. The highest BCUT2D eigenvalue weighted by molar-refractivity contribution is 7.07. The normalized spacial score (nSPS) is 15.4. The van der Waals surface area contributed by atoms with Crippen molar-refractivity contribution < 1.29 is 23.7 Å². The standard InChI is InChI=1S/C27H28N2O6S/c1-15(2)35-26(31)23-16(3)28-27-29(24(23)17-7-10-19(32-4)11-8-17)25(30)22(36-27)13-18-9-12-20(33-5)14-21(18)34-6/h7-15,24H,1-6H3/b22-13-/t24-/m1/s1. The molecule has 1 atom stereocenters. The Balaban J connectivity index is 1.93. The first-order valence-corrected chi connectivity index (χ1v) is 12.2. The lowest BCUT2D eigenvalue weighted by Gasteiger charge is -2.25. The second kappa shape index (κ2) is 10.4. The Labute approximate surface area is 212 Å². The molecule has 188 valence electrons. The van der Waals surface area contributed by atoms with Crippen LogP contribution in [0.1, 0.15) is 37.9 Å². The number of allylic oxidation sites excluding steroid dienone is 1. The number of nitrogens with zero attached hydrogens (tertiary/aromatic N) is 2. The molecule has 0 N–H and O–H groups in total. The molecule has 2 aromatic carbocycles. The lowest BCUT2D eigenvalue weighted by Crippen LogP contribution is -2.40. The zero-order valence-corrected chi connectivity index (χ0v) is 21.8. The molecule has 1 aromatic heterocycles. The van der Waals surface area contributed by atoms with Crippen molar-refractivity contribution in [3.63, 3.8) is 0 Å². The number of carbonyl (C=O) groups is 1. The van der Waals surface area contributed by atoms with Crippen LogP contribution in [0.4, 0.5) is 0 Å². The maximum Gasteiger partial charge on any atom is 0.338 e. The maximum absolute atomic E-state index is 13.8. The lowest BCUT2D eigenvalue weighted by atomic mass is 9.96. The molecule has 0 radical (unpaired) electrons. The molecule has 0 bridgehead atoms. The summed E-state index contributed by atoms with van der Waals surface area (Å²) in [5.41, 5.74) is 2.04. The van der Waals surface area contributed by atoms with E-state index in [0.29, 0.717) is 37.9 Å². The number of esters is 1. The maximum atomic E-state index is 13.8. The summed E-state index contributed by atoms with van der Waals surface area (Å²) >= 11 is 1.25. The van der Waals surface area contributed by atoms with E-state index >= 15 is 0 Å². The quantitative estimate of drug-likeness (QED) is 0.456. The van der Waals surface area contributed by atoms with Gasteiger partial charge in [-0.1, -0.05) is 23.5 Å². The predicted molar refractivity (Wildman–Crippen MR) is 138 cm³/mol. The first-order valence-electron chi connectivity index (χ1n) is 11.4. The highest BCUT2D eigenvalue weighted by atomic mass is 32.1. The van der Waals surface area contributed by atoms with Crippen LogP contribution in [0.15, 0.2) is 63.5 Å². The van der Waals surface area contributed by atoms with Gasteiger partial charge in [0.2, 0.25) is 0 Å². The van der Waals surface area contributed by atoms with E-state index in [9.17, 15) is 9.59 Å². The van der Waals surface area contributed by atoms with E-state index < -0.39 is 12.0 Å². The summed E-state index contributed by atoms with van der Waals surface area (Å²) in [5.74, 6) is 1.39. The van der Waals surface area contributed by atoms with Gasteiger partial charge in [0.05, 0.1) is 49.3 Å². The second-order valence-corrected chi connectivity index (χ2v) is 9.43. The fraction of sp³-hybridized carbons (Fsp3) is 0.296. The third-order valence-electron chi connectivity index (χ3n) is 5.74. The summed E-state index contributed by atoms with van der Waals surface area (Å²) in [7, 11) is 4.73. The van der Waals surface area contributed by atoms with Crippen LogP contribution in [-0.4, -0.2) is 38.0 Å². The fourth-order valence-electron chi connectivity index (χ4n) is 4.04. The van der Waals surface area contributed by atoms with Crippen LogP contribution in [0.3, 0.4) is 0 Å². The molecule has 1 aliphatic rings. The number of rotatable bonds is 7. The average molecular weight is 509 g/mol. The van der Waals surface area contributed by atoms with Crippen LogP contribution in [0.5, 0.6) is 17.2 Å². The van der Waals surface area contributed by atoms with Gasteiger partial charge in [0.1, 0.15) is 17.2 Å². The fourth-order valence-corrected chi connectivity index (χ4v) is 5.08. The number of benzene rings is 2. The topological polar surface area (TPSA) is 88.4 Å². The molecule has 0 saturated carbocycles. The van der Waals surface area contributed by atoms with E-state index in [0.717, 1.165) is 11.1 Å². The third kappa shape index (κ3) is 4.79. The minimum atomic E-state index is -0.696. The van der Waals surface area contributed by atoms with Crippen LogP contribution in [0.25, 0.3) is 6.08 Å². The molecule has 3 aromatic rings. The molecule has 1 aliphatic heterocycles. The Bertz CT molecular complexity index is 1500. The zero-order chi connectivity index (χ0) is 26.0. The first kappa shape index (κ1) is 25.2. The van der Waals surface area contributed by atoms with Crippen LogP contribution < -0.4 is 29.1 Å². The summed E-state index contributed by atoms with van der Waals surface area (Å²) in [6.07, 6.45) is 1.44. The minimum absolute atomic E-state index is 0.264. The molecule has 9 heteroatoms. The third-order valence-corrected chi connectivity index (χ3v) is 6.73. The van der Waals surface area contributed by atoms with Gasteiger partial charge < -0.3 is 18.9 Å². The molecule has 0 unspecified atom stereocenters. The number of thiazole rings is 1. The van der Waals surface area contributed by atoms with Gasteiger partial charge in [0.25, 0.3) is 5.56 Å². The Morgan fingerprint density at radius 3 is 2.31 bits per heavy atom. The predicted octanol–water partition coefficient (Wildman–Crippen LogP) is 3.21. The van der Waals surface area contributed by atoms with Crippen LogP contribution in [0, 0.1) is 0 Å². The molecule has 0 saturated heterocycles. The molecule has 0 aliphatic carbocycles. The smallest absolute Gasteiger partial charge is 0.338 e.